The Morgan fingerprint density at radius 1 is 1.73 bits per heavy atom. The Labute approximate surface area is 77.8 Å². The summed E-state index contributed by atoms with van der Waals surface area (Å²) >= 11 is 2.68. The first-order chi connectivity index (χ1) is 7.07. The van der Waals surface area contributed by atoms with Crippen molar-refractivity contribution >= 4 is 15.9 Å². The van der Waals surface area contributed by atoms with E-state index >= 15 is 0 Å². The molecule has 0 aliphatic rings. The lowest BCUT2D eigenvalue weighted by Crippen LogP contribution is -2.09. The molecule has 0 radical (unpaired) electrons. The normalized spacial score (nSPS) is 19.4. The van der Waals surface area contributed by atoms with Crippen molar-refractivity contribution in [2.45, 2.75) is 12.8 Å². The molecule has 5 heteroatoms. The number of nitrogens with zero attached hydrogens (tertiary/aromatic N) is 2. The van der Waals surface area contributed by atoms with Gasteiger partial charge in [-0.05, 0) is 22.0 Å². The van der Waals surface area contributed by atoms with Crippen LogP contribution in [0.4, 0.5) is 8.78 Å². The minimum absolute atomic E-state index is 0.341. The molecule has 2 nitrogen and oxygen atoms in total. The highest BCUT2D eigenvalue weighted by Gasteiger charge is 2.26. The highest BCUT2D eigenvalue weighted by atomic mass is 79.9. The van der Waals surface area contributed by atoms with E-state index in [2.05, 4.69) is 25.9 Å². The van der Waals surface area contributed by atoms with E-state index < -0.39 is 30.8 Å². The van der Waals surface area contributed by atoms with Crippen molar-refractivity contribution in [2.75, 3.05) is 0 Å². The van der Waals surface area contributed by atoms with E-state index in [-0.39, 0.29) is 4.60 Å². The number of alkyl halides is 2. The fourth-order valence-corrected chi connectivity index (χ4v) is 0.688. The summed E-state index contributed by atoms with van der Waals surface area (Å²) in [7, 11) is 0. The molecule has 0 bridgehead atoms. The molecule has 0 aliphatic heterocycles. The first-order valence-electron chi connectivity index (χ1n) is 4.96. The van der Waals surface area contributed by atoms with Gasteiger partial charge in [0.1, 0.15) is 18.0 Å². The van der Waals surface area contributed by atoms with Crippen LogP contribution < -0.4 is 0 Å². The zero-order chi connectivity index (χ0) is 12.7. The number of hydrogen-bond donors (Lipinski definition) is 0. The fraction of sp³-hybridized carbons (Fsp3) is 0.333. The molecule has 11 heavy (non-hydrogen) atoms. The third-order valence-corrected chi connectivity index (χ3v) is 1.20. The second kappa shape index (κ2) is 2.81. The highest BCUT2D eigenvalue weighted by Crippen LogP contribution is 2.25. The largest absolute Gasteiger partial charge is 0.287 e. The number of rotatable bonds is 1. The van der Waals surface area contributed by atoms with Gasteiger partial charge >= 0.3 is 0 Å². The molecule has 1 aromatic heterocycles. The van der Waals surface area contributed by atoms with E-state index in [1.165, 1.54) is 0 Å². The summed E-state index contributed by atoms with van der Waals surface area (Å²) in [6, 6.07) is -0.836. The molecule has 0 saturated carbocycles. The standard InChI is InChI=1S/C6H5BrF2N2/c1-6(8,9)4-2-5(7)11-3-10-4/h2-3H,1H3/i1D3,2D,3D. The summed E-state index contributed by atoms with van der Waals surface area (Å²) in [5.74, 6) is -4.29. The van der Waals surface area contributed by atoms with Gasteiger partial charge in [0.2, 0.25) is 0 Å². The van der Waals surface area contributed by atoms with Gasteiger partial charge in [-0.2, -0.15) is 8.78 Å². The van der Waals surface area contributed by atoms with Crippen LogP contribution in [-0.2, 0) is 5.92 Å². The molecule has 0 atom stereocenters. The molecule has 0 spiro atoms. The van der Waals surface area contributed by atoms with Crippen LogP contribution in [0.1, 0.15) is 19.4 Å². The van der Waals surface area contributed by atoms with Crippen LogP contribution >= 0.6 is 15.9 Å². The Hall–Kier alpha value is -0.580. The number of aromatic nitrogens is 2. The summed E-state index contributed by atoms with van der Waals surface area (Å²) in [5.41, 5.74) is -1.28. The first-order valence-corrected chi connectivity index (χ1v) is 3.25. The van der Waals surface area contributed by atoms with Crippen LogP contribution in [0.5, 0.6) is 0 Å². The average molecular weight is 228 g/mol. The van der Waals surface area contributed by atoms with E-state index in [4.69, 9.17) is 6.85 Å². The molecule has 0 saturated heterocycles. The van der Waals surface area contributed by atoms with Crippen molar-refractivity contribution < 1.29 is 15.6 Å². The molecule has 0 aromatic carbocycles. The van der Waals surface area contributed by atoms with Crippen LogP contribution in [0, 0.1) is 0 Å². The smallest absolute Gasteiger partial charge is 0.235 e. The summed E-state index contributed by atoms with van der Waals surface area (Å²) < 4.78 is 60.7. The van der Waals surface area contributed by atoms with Crippen LogP contribution in [-0.4, -0.2) is 9.97 Å². The van der Waals surface area contributed by atoms with Crippen molar-refractivity contribution in [1.82, 2.24) is 9.97 Å². The van der Waals surface area contributed by atoms with Gasteiger partial charge < -0.3 is 0 Å². The van der Waals surface area contributed by atoms with E-state index in [0.29, 0.717) is 0 Å². The van der Waals surface area contributed by atoms with Gasteiger partial charge in [-0.3, -0.25) is 0 Å². The van der Waals surface area contributed by atoms with Crippen molar-refractivity contribution in [2.24, 2.45) is 0 Å². The first kappa shape index (κ1) is 3.89. The van der Waals surface area contributed by atoms with Crippen molar-refractivity contribution in [3.8, 4) is 0 Å². The average Bonchev–Trinajstić information content (AvgIpc) is 2.09. The SMILES string of the molecule is [2H]c1nc(Br)c([2H])c(C(F)(F)C([2H])([2H])[2H])n1. The van der Waals surface area contributed by atoms with E-state index in [0.717, 1.165) is 0 Å². The van der Waals surface area contributed by atoms with Crippen molar-refractivity contribution in [1.29, 1.82) is 0 Å². The maximum atomic E-state index is 13.4. The fourth-order valence-electron chi connectivity index (χ4n) is 0.421. The maximum Gasteiger partial charge on any atom is 0.287 e. The summed E-state index contributed by atoms with van der Waals surface area (Å²) in [6.45, 7) is -3.62. The lowest BCUT2D eigenvalue weighted by atomic mass is 10.3. The zero-order valence-corrected chi connectivity index (χ0v) is 6.61. The van der Waals surface area contributed by atoms with Crippen LogP contribution in [0.3, 0.4) is 0 Å². The van der Waals surface area contributed by atoms with E-state index in [1.54, 1.807) is 0 Å². The molecule has 0 N–H and O–H groups in total. The van der Waals surface area contributed by atoms with Crippen LogP contribution in [0.15, 0.2) is 16.9 Å². The number of halogens is 3. The Morgan fingerprint density at radius 3 is 3.09 bits per heavy atom. The molecule has 1 aromatic rings. The summed E-state index contributed by atoms with van der Waals surface area (Å²) in [6.07, 6.45) is -0.776. The molecular weight excluding hydrogens is 218 g/mol. The zero-order valence-electron chi connectivity index (χ0n) is 10.0. The molecule has 1 heterocycles. The summed E-state index contributed by atoms with van der Waals surface area (Å²) in [5, 5.41) is 0. The predicted molar refractivity (Wildman–Crippen MR) is 39.3 cm³/mol. The lowest BCUT2D eigenvalue weighted by molar-refractivity contribution is 0.0125. The van der Waals surface area contributed by atoms with Gasteiger partial charge in [-0.1, -0.05) is 0 Å². The van der Waals surface area contributed by atoms with Crippen LogP contribution in [0.2, 0.25) is 0 Å². The van der Waals surface area contributed by atoms with Crippen molar-refractivity contribution in [3.05, 3.63) is 22.6 Å². The molecular formula is C6H5BrF2N2. The molecule has 1 rings (SSSR count). The van der Waals surface area contributed by atoms with Gasteiger partial charge in [-0.25, -0.2) is 9.97 Å². The lowest BCUT2D eigenvalue weighted by Gasteiger charge is -2.07. The highest BCUT2D eigenvalue weighted by molar-refractivity contribution is 9.10. The Kier molecular flexibility index (Phi) is 0.993. The third-order valence-electron chi connectivity index (χ3n) is 0.829. The Bertz CT molecular complexity index is 422. The minimum Gasteiger partial charge on any atom is -0.235 e. The van der Waals surface area contributed by atoms with E-state index in [9.17, 15) is 8.78 Å². The second-order valence-electron chi connectivity index (χ2n) is 1.66. The topological polar surface area (TPSA) is 25.8 Å². The Balaban J connectivity index is 3.44. The molecule has 60 valence electrons. The Morgan fingerprint density at radius 2 is 2.45 bits per heavy atom. The predicted octanol–water partition coefficient (Wildman–Crippen LogP) is 2.35. The van der Waals surface area contributed by atoms with Gasteiger partial charge in [-0.15, -0.1) is 0 Å². The maximum absolute atomic E-state index is 13.4. The summed E-state index contributed by atoms with van der Waals surface area (Å²) in [4.78, 5) is 6.30. The third kappa shape index (κ3) is 2.18. The second-order valence-corrected chi connectivity index (χ2v) is 2.41. The van der Waals surface area contributed by atoms with Gasteiger partial charge in [0.15, 0.2) is 0 Å². The molecule has 0 unspecified atom stereocenters. The minimum atomic E-state index is -4.29. The van der Waals surface area contributed by atoms with Gasteiger partial charge in [0, 0.05) is 11.0 Å². The van der Waals surface area contributed by atoms with Crippen molar-refractivity contribution in [3.63, 3.8) is 0 Å². The van der Waals surface area contributed by atoms with Gasteiger partial charge in [0.25, 0.3) is 5.92 Å². The van der Waals surface area contributed by atoms with Gasteiger partial charge in [0.05, 0.1) is 1.37 Å². The molecule has 0 fully saturated rings. The molecule has 0 amide bonds. The monoisotopic (exact) mass is 227 g/mol. The quantitative estimate of drug-likeness (QED) is 0.689. The molecule has 0 aliphatic carbocycles. The van der Waals surface area contributed by atoms with E-state index in [1.807, 2.05) is 0 Å². The van der Waals surface area contributed by atoms with Crippen LogP contribution in [0.25, 0.3) is 0 Å². The number of hydrogen-bond acceptors (Lipinski definition) is 2.